The van der Waals surface area contributed by atoms with Crippen molar-refractivity contribution in [2.75, 3.05) is 38.1 Å². The lowest BCUT2D eigenvalue weighted by Gasteiger charge is -2.34. The molecule has 0 saturated carbocycles. The highest BCUT2D eigenvalue weighted by atomic mass is 32.2. The summed E-state index contributed by atoms with van der Waals surface area (Å²) >= 11 is 0. The Kier molecular flexibility index (Phi) is 5.59. The maximum atomic E-state index is 12.5. The van der Waals surface area contributed by atoms with E-state index in [1.807, 2.05) is 26.0 Å². The number of nitrogens with one attached hydrogen (secondary N) is 1. The highest BCUT2D eigenvalue weighted by Gasteiger charge is 2.21. The molecule has 26 heavy (non-hydrogen) atoms. The van der Waals surface area contributed by atoms with E-state index in [1.54, 1.807) is 23.3 Å². The summed E-state index contributed by atoms with van der Waals surface area (Å²) in [6, 6.07) is 3.90. The van der Waals surface area contributed by atoms with Gasteiger partial charge in [-0.05, 0) is 27.0 Å². The lowest BCUT2D eigenvalue weighted by Crippen LogP contribution is -2.45. The highest BCUT2D eigenvalue weighted by Crippen LogP contribution is 2.19. The number of hydrogen-bond donors (Lipinski definition) is 1. The predicted molar refractivity (Wildman–Crippen MR) is 101 cm³/mol. The van der Waals surface area contributed by atoms with Crippen LogP contribution in [0.4, 0.5) is 5.82 Å². The summed E-state index contributed by atoms with van der Waals surface area (Å²) < 4.78 is 29.5. The van der Waals surface area contributed by atoms with E-state index in [9.17, 15) is 8.42 Å². The van der Waals surface area contributed by atoms with Gasteiger partial charge in [0.05, 0.1) is 6.33 Å². The predicted octanol–water partition coefficient (Wildman–Crippen LogP) is 1.09. The first-order chi connectivity index (χ1) is 12.4. The van der Waals surface area contributed by atoms with Gasteiger partial charge < -0.3 is 14.4 Å². The van der Waals surface area contributed by atoms with Crippen molar-refractivity contribution < 1.29 is 8.42 Å². The number of rotatable bonds is 6. The van der Waals surface area contributed by atoms with Crippen molar-refractivity contribution in [1.82, 2.24) is 24.2 Å². The van der Waals surface area contributed by atoms with Crippen LogP contribution in [0.5, 0.6) is 0 Å². The Labute approximate surface area is 154 Å². The Morgan fingerprint density at radius 2 is 1.92 bits per heavy atom. The van der Waals surface area contributed by atoms with Crippen LogP contribution in [0.3, 0.4) is 0 Å². The molecule has 0 aliphatic carbocycles. The first kappa shape index (κ1) is 18.8. The lowest BCUT2D eigenvalue weighted by atomic mass is 10.2. The summed E-state index contributed by atoms with van der Waals surface area (Å²) in [4.78, 5) is 13.0. The van der Waals surface area contributed by atoms with Crippen LogP contribution >= 0.6 is 0 Å². The Bertz CT molecular complexity index is 840. The average Bonchev–Trinajstić information content (AvgIpc) is 3.13. The van der Waals surface area contributed by atoms with Gasteiger partial charge in [-0.25, -0.2) is 23.1 Å². The first-order valence-electron chi connectivity index (χ1n) is 8.77. The fraction of sp³-hybridized carbons (Fsp3) is 0.529. The molecule has 3 rings (SSSR count). The van der Waals surface area contributed by atoms with Crippen LogP contribution in [-0.4, -0.2) is 61.1 Å². The van der Waals surface area contributed by atoms with Crippen LogP contribution in [0, 0.1) is 0 Å². The molecule has 3 heterocycles. The van der Waals surface area contributed by atoms with Gasteiger partial charge in [-0.3, -0.25) is 0 Å². The van der Waals surface area contributed by atoms with Crippen LogP contribution in [0.1, 0.15) is 25.5 Å². The Hall–Kier alpha value is -1.97. The number of imidazole rings is 1. The van der Waals surface area contributed by atoms with Crippen LogP contribution in [0.25, 0.3) is 0 Å². The third-order valence-corrected chi connectivity index (χ3v) is 5.86. The molecule has 1 N–H and O–H groups in total. The Balaban J connectivity index is 1.73. The molecule has 2 aromatic rings. The van der Waals surface area contributed by atoms with Gasteiger partial charge in [0, 0.05) is 56.7 Å². The molecule has 1 aliphatic heterocycles. The molecule has 0 unspecified atom stereocenters. The van der Waals surface area contributed by atoms with Crippen molar-refractivity contribution in [3.05, 3.63) is 36.4 Å². The van der Waals surface area contributed by atoms with E-state index in [-0.39, 0.29) is 17.6 Å². The second kappa shape index (κ2) is 7.73. The number of likely N-dealkylation sites (N-methyl/N-ethyl adjacent to an activating group) is 1. The first-order valence-corrected chi connectivity index (χ1v) is 10.3. The molecule has 0 amide bonds. The van der Waals surface area contributed by atoms with Gasteiger partial charge >= 0.3 is 0 Å². The van der Waals surface area contributed by atoms with Gasteiger partial charge in [0.2, 0.25) is 0 Å². The fourth-order valence-corrected chi connectivity index (χ4v) is 3.80. The molecule has 0 aromatic carbocycles. The molecule has 2 aromatic heterocycles. The molecule has 0 radical (unpaired) electrons. The van der Waals surface area contributed by atoms with E-state index in [1.165, 1.54) is 0 Å². The lowest BCUT2D eigenvalue weighted by molar-refractivity contribution is 0.312. The molecule has 0 spiro atoms. The third kappa shape index (κ3) is 4.22. The summed E-state index contributed by atoms with van der Waals surface area (Å²) in [5.74, 6) is 0.844. The zero-order valence-electron chi connectivity index (χ0n) is 15.5. The second-order valence-electron chi connectivity index (χ2n) is 6.85. The van der Waals surface area contributed by atoms with Gasteiger partial charge in [0.25, 0.3) is 10.0 Å². The standard InChI is InChI=1S/C17H26N6O2S/c1-14(2)23-12-16(19-13-23)26(24,25)20-11-15-5-4-6-18-17(15)22-9-7-21(3)8-10-22/h4-6,12-14,20H,7-11H2,1-3H3. The molecule has 0 atom stereocenters. The van der Waals surface area contributed by atoms with Crippen molar-refractivity contribution in [3.63, 3.8) is 0 Å². The molecule has 142 valence electrons. The second-order valence-corrected chi connectivity index (χ2v) is 8.57. The largest absolute Gasteiger partial charge is 0.354 e. The maximum Gasteiger partial charge on any atom is 0.259 e. The van der Waals surface area contributed by atoms with E-state index in [0.717, 1.165) is 37.6 Å². The van der Waals surface area contributed by atoms with Crippen molar-refractivity contribution in [2.45, 2.75) is 31.5 Å². The molecule has 1 saturated heterocycles. The Morgan fingerprint density at radius 3 is 2.58 bits per heavy atom. The summed E-state index contributed by atoms with van der Waals surface area (Å²) in [5, 5.41) is 0.0382. The van der Waals surface area contributed by atoms with Crippen LogP contribution < -0.4 is 9.62 Å². The van der Waals surface area contributed by atoms with Gasteiger partial charge in [-0.2, -0.15) is 0 Å². The van der Waals surface area contributed by atoms with Gasteiger partial charge in [0.15, 0.2) is 5.03 Å². The van der Waals surface area contributed by atoms with E-state index in [4.69, 9.17) is 0 Å². The van der Waals surface area contributed by atoms with Crippen LogP contribution in [0.2, 0.25) is 0 Å². The monoisotopic (exact) mass is 378 g/mol. The number of pyridine rings is 1. The SMILES string of the molecule is CC(C)n1cnc(S(=O)(=O)NCc2cccnc2N2CCN(C)CC2)c1. The molecule has 1 aliphatic rings. The van der Waals surface area contributed by atoms with E-state index in [0.29, 0.717) is 0 Å². The van der Waals surface area contributed by atoms with Gasteiger partial charge in [-0.15, -0.1) is 0 Å². The third-order valence-electron chi connectivity index (χ3n) is 4.57. The minimum absolute atomic E-state index is 0.0382. The normalized spacial score (nSPS) is 16.4. The highest BCUT2D eigenvalue weighted by molar-refractivity contribution is 7.89. The molecule has 0 bridgehead atoms. The summed E-state index contributed by atoms with van der Waals surface area (Å²) in [7, 11) is -1.57. The van der Waals surface area contributed by atoms with Crippen molar-refractivity contribution in [2.24, 2.45) is 0 Å². The van der Waals surface area contributed by atoms with Gasteiger partial charge in [-0.1, -0.05) is 6.07 Å². The molecular formula is C17H26N6O2S. The van der Waals surface area contributed by atoms with E-state index < -0.39 is 10.0 Å². The van der Waals surface area contributed by atoms with E-state index in [2.05, 4.69) is 31.5 Å². The minimum Gasteiger partial charge on any atom is -0.354 e. The van der Waals surface area contributed by atoms with Crippen LogP contribution in [0.15, 0.2) is 35.9 Å². The van der Waals surface area contributed by atoms with Crippen LogP contribution in [-0.2, 0) is 16.6 Å². The molecule has 9 heteroatoms. The smallest absolute Gasteiger partial charge is 0.259 e. The topological polar surface area (TPSA) is 83.4 Å². The molecule has 1 fully saturated rings. The summed E-state index contributed by atoms with van der Waals surface area (Å²) in [5.41, 5.74) is 0.865. The van der Waals surface area contributed by atoms with Crippen molar-refractivity contribution >= 4 is 15.8 Å². The van der Waals surface area contributed by atoms with Crippen molar-refractivity contribution in [1.29, 1.82) is 0 Å². The van der Waals surface area contributed by atoms with E-state index >= 15 is 0 Å². The number of anilines is 1. The zero-order chi connectivity index (χ0) is 18.7. The Morgan fingerprint density at radius 1 is 1.19 bits per heavy atom. The zero-order valence-corrected chi connectivity index (χ0v) is 16.3. The number of piperazine rings is 1. The van der Waals surface area contributed by atoms with Crippen molar-refractivity contribution in [3.8, 4) is 0 Å². The minimum atomic E-state index is -3.66. The average molecular weight is 379 g/mol. The number of nitrogens with zero attached hydrogens (tertiary/aromatic N) is 5. The summed E-state index contributed by atoms with van der Waals surface area (Å²) in [6.45, 7) is 7.83. The number of sulfonamides is 1. The summed E-state index contributed by atoms with van der Waals surface area (Å²) in [6.07, 6.45) is 4.84. The number of hydrogen-bond acceptors (Lipinski definition) is 6. The fourth-order valence-electron chi connectivity index (χ4n) is 2.86. The maximum absolute atomic E-state index is 12.5. The number of aromatic nitrogens is 3. The molecular weight excluding hydrogens is 352 g/mol. The van der Waals surface area contributed by atoms with Gasteiger partial charge in [0.1, 0.15) is 5.82 Å². The molecule has 8 nitrogen and oxygen atoms in total. The quantitative estimate of drug-likeness (QED) is 0.810.